The molecule has 1 fully saturated rings. The highest BCUT2D eigenvalue weighted by atomic mass is 127. The van der Waals surface area contributed by atoms with Crippen LogP contribution in [0.1, 0.15) is 5.56 Å². The Balaban J connectivity index is 1.78. The lowest BCUT2D eigenvalue weighted by molar-refractivity contribution is 0.122. The van der Waals surface area contributed by atoms with E-state index in [1.54, 1.807) is 6.21 Å². The minimum Gasteiger partial charge on any atom is -0.378 e. The summed E-state index contributed by atoms with van der Waals surface area (Å²) >= 11 is 2.24. The Labute approximate surface area is 143 Å². The maximum Gasteiger partial charge on any atom is 0.147 e. The Morgan fingerprint density at radius 3 is 2.64 bits per heavy atom. The zero-order chi connectivity index (χ0) is 15.4. The Kier molecular flexibility index (Phi) is 5.04. The van der Waals surface area contributed by atoms with Crippen LogP contribution in [0.5, 0.6) is 0 Å². The molecule has 5 heteroatoms. The summed E-state index contributed by atoms with van der Waals surface area (Å²) in [6, 6.07) is 13.1. The standard InChI is InChI=1S/C17H16FIN2O/c18-14-11-13(12-20-16-4-2-1-3-15(16)19)5-6-17(14)21-7-9-22-10-8-21/h1-6,11-12H,7-10H2. The molecule has 1 saturated heterocycles. The number of morpholine rings is 1. The number of para-hydroxylation sites is 1. The molecule has 22 heavy (non-hydrogen) atoms. The summed E-state index contributed by atoms with van der Waals surface area (Å²) in [5.74, 6) is -0.214. The van der Waals surface area contributed by atoms with Crippen molar-refractivity contribution in [1.29, 1.82) is 0 Å². The molecule has 0 radical (unpaired) electrons. The number of anilines is 1. The quantitative estimate of drug-likeness (QED) is 0.564. The number of aliphatic imine (C=N–C) groups is 1. The summed E-state index contributed by atoms with van der Waals surface area (Å²) < 4.78 is 20.7. The average molecular weight is 410 g/mol. The highest BCUT2D eigenvalue weighted by Gasteiger charge is 2.14. The average Bonchev–Trinajstić information content (AvgIpc) is 2.55. The zero-order valence-corrected chi connectivity index (χ0v) is 14.2. The van der Waals surface area contributed by atoms with Gasteiger partial charge >= 0.3 is 0 Å². The van der Waals surface area contributed by atoms with Gasteiger partial charge in [0.25, 0.3) is 0 Å². The van der Waals surface area contributed by atoms with Crippen LogP contribution in [0.25, 0.3) is 0 Å². The van der Waals surface area contributed by atoms with Crippen molar-refractivity contribution in [2.24, 2.45) is 4.99 Å². The van der Waals surface area contributed by atoms with Gasteiger partial charge in [0.05, 0.1) is 24.6 Å². The van der Waals surface area contributed by atoms with E-state index in [4.69, 9.17) is 4.74 Å². The van der Waals surface area contributed by atoms with Gasteiger partial charge in [0.2, 0.25) is 0 Å². The number of ether oxygens (including phenoxy) is 1. The predicted octanol–water partition coefficient (Wildman–Crippen LogP) is 4.02. The van der Waals surface area contributed by atoms with E-state index < -0.39 is 0 Å². The van der Waals surface area contributed by atoms with Gasteiger partial charge in [0.15, 0.2) is 0 Å². The molecule has 0 aliphatic carbocycles. The molecule has 1 aliphatic heterocycles. The Bertz CT molecular complexity index is 684. The molecule has 114 valence electrons. The summed E-state index contributed by atoms with van der Waals surface area (Å²) in [4.78, 5) is 6.44. The van der Waals surface area contributed by atoms with Crippen LogP contribution in [0.2, 0.25) is 0 Å². The first-order valence-electron chi connectivity index (χ1n) is 7.15. The lowest BCUT2D eigenvalue weighted by atomic mass is 10.2. The van der Waals surface area contributed by atoms with Crippen LogP contribution < -0.4 is 4.90 Å². The molecule has 0 aromatic heterocycles. The summed E-state index contributed by atoms with van der Waals surface area (Å²) in [5.41, 5.74) is 2.28. The molecule has 0 N–H and O–H groups in total. The van der Waals surface area contributed by atoms with Gasteiger partial charge < -0.3 is 9.64 Å². The van der Waals surface area contributed by atoms with Crippen molar-refractivity contribution in [3.8, 4) is 0 Å². The van der Waals surface area contributed by atoms with E-state index in [1.165, 1.54) is 6.07 Å². The van der Waals surface area contributed by atoms with E-state index in [-0.39, 0.29) is 5.82 Å². The van der Waals surface area contributed by atoms with Crippen molar-refractivity contribution in [2.75, 3.05) is 31.2 Å². The smallest absolute Gasteiger partial charge is 0.147 e. The summed E-state index contributed by atoms with van der Waals surface area (Å²) in [6.45, 7) is 2.75. The highest BCUT2D eigenvalue weighted by Crippen LogP contribution is 2.23. The Hall–Kier alpha value is -1.47. The Morgan fingerprint density at radius 2 is 1.91 bits per heavy atom. The van der Waals surface area contributed by atoms with Crippen molar-refractivity contribution in [3.63, 3.8) is 0 Å². The molecule has 0 bridgehead atoms. The van der Waals surface area contributed by atoms with Crippen LogP contribution >= 0.6 is 22.6 Å². The fraction of sp³-hybridized carbons (Fsp3) is 0.235. The van der Waals surface area contributed by atoms with Crippen LogP contribution in [0.4, 0.5) is 15.8 Å². The van der Waals surface area contributed by atoms with Crippen molar-refractivity contribution in [1.82, 2.24) is 0 Å². The number of nitrogens with zero attached hydrogens (tertiary/aromatic N) is 2. The van der Waals surface area contributed by atoms with Crippen LogP contribution in [0.3, 0.4) is 0 Å². The number of hydrogen-bond acceptors (Lipinski definition) is 3. The van der Waals surface area contributed by atoms with E-state index >= 15 is 0 Å². The third-order valence-electron chi connectivity index (χ3n) is 3.53. The van der Waals surface area contributed by atoms with E-state index in [0.717, 1.165) is 27.9 Å². The van der Waals surface area contributed by atoms with Crippen LogP contribution in [-0.4, -0.2) is 32.5 Å². The predicted molar refractivity (Wildman–Crippen MR) is 95.8 cm³/mol. The molecule has 0 atom stereocenters. The SMILES string of the molecule is Fc1cc(C=Nc2ccccc2I)ccc1N1CCOCC1. The number of rotatable bonds is 3. The molecule has 3 rings (SSSR count). The molecule has 0 amide bonds. The number of benzene rings is 2. The topological polar surface area (TPSA) is 24.8 Å². The Morgan fingerprint density at radius 1 is 1.14 bits per heavy atom. The van der Waals surface area contributed by atoms with Crippen molar-refractivity contribution < 1.29 is 9.13 Å². The fourth-order valence-electron chi connectivity index (χ4n) is 2.36. The van der Waals surface area contributed by atoms with Crippen LogP contribution in [0.15, 0.2) is 47.5 Å². The first-order chi connectivity index (χ1) is 10.7. The maximum atomic E-state index is 14.3. The third-order valence-corrected chi connectivity index (χ3v) is 4.44. The molecule has 0 unspecified atom stereocenters. The normalized spacial score (nSPS) is 15.5. The molecule has 1 heterocycles. The molecular formula is C17H16FIN2O. The monoisotopic (exact) mass is 410 g/mol. The molecule has 1 aliphatic rings. The van der Waals surface area contributed by atoms with Gasteiger partial charge in [-0.2, -0.15) is 0 Å². The van der Waals surface area contributed by atoms with Gasteiger partial charge in [-0.1, -0.05) is 18.2 Å². The van der Waals surface area contributed by atoms with Gasteiger partial charge in [-0.05, 0) is 52.4 Å². The minimum atomic E-state index is -0.214. The molecule has 0 spiro atoms. The van der Waals surface area contributed by atoms with Crippen LogP contribution in [0, 0.1) is 9.39 Å². The number of hydrogen-bond donors (Lipinski definition) is 0. The number of halogens is 2. The molecule has 0 saturated carbocycles. The third kappa shape index (κ3) is 3.64. The molecular weight excluding hydrogens is 394 g/mol. The minimum absolute atomic E-state index is 0.214. The second-order valence-electron chi connectivity index (χ2n) is 5.02. The lowest BCUT2D eigenvalue weighted by Crippen LogP contribution is -2.36. The second-order valence-corrected chi connectivity index (χ2v) is 6.18. The van der Waals surface area contributed by atoms with E-state index in [9.17, 15) is 4.39 Å². The van der Waals surface area contributed by atoms with Crippen molar-refractivity contribution in [3.05, 3.63) is 57.4 Å². The largest absolute Gasteiger partial charge is 0.378 e. The summed E-state index contributed by atoms with van der Waals surface area (Å²) in [5, 5.41) is 0. The van der Waals surface area contributed by atoms with E-state index in [1.807, 2.05) is 41.3 Å². The lowest BCUT2D eigenvalue weighted by Gasteiger charge is -2.29. The van der Waals surface area contributed by atoms with Gasteiger partial charge in [0.1, 0.15) is 5.82 Å². The summed E-state index contributed by atoms with van der Waals surface area (Å²) in [6.07, 6.45) is 1.70. The fourth-order valence-corrected chi connectivity index (χ4v) is 2.89. The highest BCUT2D eigenvalue weighted by molar-refractivity contribution is 14.1. The van der Waals surface area contributed by atoms with Crippen molar-refractivity contribution >= 4 is 40.2 Å². The van der Waals surface area contributed by atoms with Crippen molar-refractivity contribution in [2.45, 2.75) is 0 Å². The van der Waals surface area contributed by atoms with E-state index in [0.29, 0.717) is 18.9 Å². The second kappa shape index (κ2) is 7.19. The zero-order valence-electron chi connectivity index (χ0n) is 12.0. The molecule has 3 nitrogen and oxygen atoms in total. The van der Waals surface area contributed by atoms with Crippen LogP contribution in [-0.2, 0) is 4.74 Å². The van der Waals surface area contributed by atoms with Gasteiger partial charge in [-0.25, -0.2) is 4.39 Å². The van der Waals surface area contributed by atoms with Gasteiger partial charge in [0, 0.05) is 22.9 Å². The summed E-state index contributed by atoms with van der Waals surface area (Å²) in [7, 11) is 0. The maximum absolute atomic E-state index is 14.3. The molecule has 2 aromatic carbocycles. The van der Waals surface area contributed by atoms with Gasteiger partial charge in [-0.15, -0.1) is 0 Å². The van der Waals surface area contributed by atoms with Gasteiger partial charge in [-0.3, -0.25) is 4.99 Å². The first-order valence-corrected chi connectivity index (χ1v) is 8.23. The van der Waals surface area contributed by atoms with E-state index in [2.05, 4.69) is 27.6 Å². The molecule has 2 aromatic rings. The first kappa shape index (κ1) is 15.4.